The molecule has 0 spiro atoms. The molecule has 0 aromatic rings. The van der Waals surface area contributed by atoms with Gasteiger partial charge in [0.05, 0.1) is 5.92 Å². The van der Waals surface area contributed by atoms with E-state index in [1.165, 1.54) is 0 Å². The molecule has 0 aromatic heterocycles. The Balaban J connectivity index is 2.47. The minimum Gasteiger partial charge on any atom is -0.481 e. The van der Waals surface area contributed by atoms with Crippen LogP contribution in [0, 0.1) is 5.92 Å². The van der Waals surface area contributed by atoms with Gasteiger partial charge in [-0.3, -0.25) is 4.79 Å². The second kappa shape index (κ2) is 4.83. The van der Waals surface area contributed by atoms with E-state index in [0.717, 1.165) is 6.42 Å². The molecule has 1 heterocycles. The zero-order valence-corrected chi connectivity index (χ0v) is 8.32. The molecule has 0 radical (unpaired) electrons. The molecule has 80 valence electrons. The summed E-state index contributed by atoms with van der Waals surface area (Å²) < 4.78 is 0. The summed E-state index contributed by atoms with van der Waals surface area (Å²) in [6, 6.07) is -0.154. The van der Waals surface area contributed by atoms with Gasteiger partial charge >= 0.3 is 12.0 Å². The minimum atomic E-state index is -0.806. The number of amides is 2. The van der Waals surface area contributed by atoms with Gasteiger partial charge in [-0.15, -0.1) is 0 Å². The maximum atomic E-state index is 11.4. The normalized spacial score (nSPS) is 21.8. The quantitative estimate of drug-likeness (QED) is 0.682. The largest absolute Gasteiger partial charge is 0.481 e. The number of hydrogen-bond donors (Lipinski definition) is 2. The molecule has 1 atom stereocenters. The highest BCUT2D eigenvalue weighted by molar-refractivity contribution is 5.76. The molecule has 14 heavy (non-hydrogen) atoms. The fourth-order valence-electron chi connectivity index (χ4n) is 1.63. The van der Waals surface area contributed by atoms with Crippen molar-refractivity contribution in [3.63, 3.8) is 0 Å². The van der Waals surface area contributed by atoms with Crippen LogP contribution in [0.1, 0.15) is 19.8 Å². The highest BCUT2D eigenvalue weighted by atomic mass is 16.4. The second-order valence-electron chi connectivity index (χ2n) is 3.46. The number of rotatable bonds is 2. The van der Waals surface area contributed by atoms with Gasteiger partial charge < -0.3 is 15.3 Å². The number of aliphatic carboxylic acids is 1. The van der Waals surface area contributed by atoms with E-state index in [-0.39, 0.29) is 6.03 Å². The molecule has 0 aromatic carbocycles. The van der Waals surface area contributed by atoms with Crippen molar-refractivity contribution in [1.82, 2.24) is 10.2 Å². The second-order valence-corrected chi connectivity index (χ2v) is 3.46. The SMILES string of the molecule is CCNC(=O)N1CCC[C@H](C(=O)O)C1. The summed E-state index contributed by atoms with van der Waals surface area (Å²) >= 11 is 0. The van der Waals surface area contributed by atoms with Crippen molar-refractivity contribution in [3.05, 3.63) is 0 Å². The van der Waals surface area contributed by atoms with E-state index in [9.17, 15) is 9.59 Å². The molecule has 1 aliphatic heterocycles. The van der Waals surface area contributed by atoms with Gasteiger partial charge in [0.25, 0.3) is 0 Å². The number of nitrogens with zero attached hydrogens (tertiary/aromatic N) is 1. The van der Waals surface area contributed by atoms with Crippen LogP contribution in [0.2, 0.25) is 0 Å². The van der Waals surface area contributed by atoms with Crippen molar-refractivity contribution in [2.75, 3.05) is 19.6 Å². The molecule has 1 aliphatic rings. The average Bonchev–Trinajstić information content (AvgIpc) is 2.18. The first-order valence-electron chi connectivity index (χ1n) is 4.90. The molecular formula is C9H16N2O3. The Morgan fingerprint density at radius 3 is 2.86 bits per heavy atom. The smallest absolute Gasteiger partial charge is 0.317 e. The van der Waals surface area contributed by atoms with Crippen molar-refractivity contribution in [1.29, 1.82) is 0 Å². The molecule has 2 amide bonds. The van der Waals surface area contributed by atoms with Crippen molar-refractivity contribution < 1.29 is 14.7 Å². The molecule has 5 heteroatoms. The molecule has 0 aliphatic carbocycles. The van der Waals surface area contributed by atoms with Gasteiger partial charge in [0.15, 0.2) is 0 Å². The lowest BCUT2D eigenvalue weighted by molar-refractivity contribution is -0.143. The number of piperidine rings is 1. The monoisotopic (exact) mass is 200 g/mol. The Labute approximate surface area is 83.1 Å². The van der Waals surface area contributed by atoms with Gasteiger partial charge in [-0.1, -0.05) is 0 Å². The van der Waals surface area contributed by atoms with Crippen LogP contribution in [0.15, 0.2) is 0 Å². The number of likely N-dealkylation sites (tertiary alicyclic amines) is 1. The Kier molecular flexibility index (Phi) is 3.73. The lowest BCUT2D eigenvalue weighted by Crippen LogP contribution is -2.46. The number of carboxylic acid groups (broad SMARTS) is 1. The summed E-state index contributed by atoms with van der Waals surface area (Å²) in [5, 5.41) is 11.5. The zero-order valence-electron chi connectivity index (χ0n) is 8.32. The van der Waals surface area contributed by atoms with Crippen molar-refractivity contribution in [3.8, 4) is 0 Å². The molecule has 0 unspecified atom stereocenters. The fourth-order valence-corrected chi connectivity index (χ4v) is 1.63. The third-order valence-corrected chi connectivity index (χ3v) is 2.39. The predicted octanol–water partition coefficient (Wildman–Crippen LogP) is 0.513. The average molecular weight is 200 g/mol. The van der Waals surface area contributed by atoms with Crippen molar-refractivity contribution in [2.24, 2.45) is 5.92 Å². The third kappa shape index (κ3) is 2.61. The Hall–Kier alpha value is -1.26. The van der Waals surface area contributed by atoms with Crippen LogP contribution in [-0.4, -0.2) is 41.6 Å². The van der Waals surface area contributed by atoms with Gasteiger partial charge in [0.1, 0.15) is 0 Å². The highest BCUT2D eigenvalue weighted by Gasteiger charge is 2.27. The standard InChI is InChI=1S/C9H16N2O3/c1-2-10-9(14)11-5-3-4-7(6-11)8(12)13/h7H,2-6H2,1H3,(H,10,14)(H,12,13)/t7-/m0/s1. The van der Waals surface area contributed by atoms with Gasteiger partial charge in [-0.05, 0) is 19.8 Å². The molecule has 0 saturated carbocycles. The Morgan fingerprint density at radius 2 is 2.29 bits per heavy atom. The number of carbonyl (C=O) groups is 2. The van der Waals surface area contributed by atoms with Gasteiger partial charge in [0.2, 0.25) is 0 Å². The maximum Gasteiger partial charge on any atom is 0.317 e. The van der Waals surface area contributed by atoms with Crippen LogP contribution in [0.4, 0.5) is 4.79 Å². The summed E-state index contributed by atoms with van der Waals surface area (Å²) in [6.45, 7) is 3.42. The number of urea groups is 1. The van der Waals surface area contributed by atoms with Crippen molar-refractivity contribution in [2.45, 2.75) is 19.8 Å². The Bertz CT molecular complexity index is 230. The first-order valence-corrected chi connectivity index (χ1v) is 4.90. The molecule has 1 fully saturated rings. The third-order valence-electron chi connectivity index (χ3n) is 2.39. The van der Waals surface area contributed by atoms with E-state index in [1.807, 2.05) is 6.92 Å². The summed E-state index contributed by atoms with van der Waals surface area (Å²) in [6.07, 6.45) is 1.44. The highest BCUT2D eigenvalue weighted by Crippen LogP contribution is 2.16. The molecular weight excluding hydrogens is 184 g/mol. The van der Waals surface area contributed by atoms with E-state index in [1.54, 1.807) is 4.90 Å². The number of nitrogens with one attached hydrogen (secondary N) is 1. The van der Waals surface area contributed by atoms with Gasteiger partial charge in [0, 0.05) is 19.6 Å². The molecule has 0 bridgehead atoms. The van der Waals surface area contributed by atoms with Crippen molar-refractivity contribution >= 4 is 12.0 Å². The fraction of sp³-hybridized carbons (Fsp3) is 0.778. The molecule has 1 rings (SSSR count). The first-order chi connectivity index (χ1) is 6.65. The van der Waals surface area contributed by atoms with E-state index in [4.69, 9.17) is 5.11 Å². The summed E-state index contributed by atoms with van der Waals surface area (Å²) in [7, 11) is 0. The molecule has 2 N–H and O–H groups in total. The minimum absolute atomic E-state index is 0.154. The van der Waals surface area contributed by atoms with Crippen LogP contribution in [0.5, 0.6) is 0 Å². The summed E-state index contributed by atoms with van der Waals surface area (Å²) in [5.41, 5.74) is 0. The summed E-state index contributed by atoms with van der Waals surface area (Å²) in [5.74, 6) is -1.20. The topological polar surface area (TPSA) is 69.6 Å². The number of carboxylic acids is 1. The summed E-state index contributed by atoms with van der Waals surface area (Å²) in [4.78, 5) is 23.7. The zero-order chi connectivity index (χ0) is 10.6. The van der Waals surface area contributed by atoms with E-state index in [2.05, 4.69) is 5.32 Å². The number of hydrogen-bond acceptors (Lipinski definition) is 2. The maximum absolute atomic E-state index is 11.4. The van der Waals surface area contributed by atoms with E-state index in [0.29, 0.717) is 26.1 Å². The molecule has 1 saturated heterocycles. The Morgan fingerprint density at radius 1 is 1.57 bits per heavy atom. The van der Waals surface area contributed by atoms with E-state index >= 15 is 0 Å². The van der Waals surface area contributed by atoms with Crippen LogP contribution in [-0.2, 0) is 4.79 Å². The van der Waals surface area contributed by atoms with Crippen LogP contribution < -0.4 is 5.32 Å². The van der Waals surface area contributed by atoms with E-state index < -0.39 is 11.9 Å². The molecule has 5 nitrogen and oxygen atoms in total. The lowest BCUT2D eigenvalue weighted by Gasteiger charge is -2.30. The number of carbonyl (C=O) groups excluding carboxylic acids is 1. The van der Waals surface area contributed by atoms with Crippen LogP contribution in [0.25, 0.3) is 0 Å². The lowest BCUT2D eigenvalue weighted by atomic mass is 9.99. The van der Waals surface area contributed by atoms with Gasteiger partial charge in [-0.25, -0.2) is 4.79 Å². The van der Waals surface area contributed by atoms with Crippen LogP contribution in [0.3, 0.4) is 0 Å². The predicted molar refractivity (Wildman–Crippen MR) is 51.0 cm³/mol. The van der Waals surface area contributed by atoms with Crippen LogP contribution >= 0.6 is 0 Å². The first kappa shape index (κ1) is 10.8. The van der Waals surface area contributed by atoms with Gasteiger partial charge in [-0.2, -0.15) is 0 Å².